The van der Waals surface area contributed by atoms with Crippen LogP contribution in [0.3, 0.4) is 0 Å². The van der Waals surface area contributed by atoms with Crippen molar-refractivity contribution in [1.29, 1.82) is 0 Å². The lowest BCUT2D eigenvalue weighted by Crippen LogP contribution is -2.61. The number of piperidine rings is 3. The number of ether oxygens (including phenoxy) is 1. The van der Waals surface area contributed by atoms with Crippen LogP contribution < -0.4 is 5.73 Å². The number of carbonyl (C=O) groups is 1. The van der Waals surface area contributed by atoms with E-state index in [1.807, 2.05) is 0 Å². The lowest BCUT2D eigenvalue weighted by atomic mass is 9.75. The lowest BCUT2D eigenvalue weighted by molar-refractivity contribution is -0.0891. The predicted octanol–water partition coefficient (Wildman–Crippen LogP) is -0.138. The first-order valence-corrected chi connectivity index (χ1v) is 6.14. The van der Waals surface area contributed by atoms with Crippen LogP contribution in [-0.4, -0.2) is 60.8 Å². The molecule has 4 aliphatic heterocycles. The molecule has 1 atom stereocenters. The molecule has 4 fully saturated rings. The Morgan fingerprint density at radius 2 is 2.12 bits per heavy atom. The first kappa shape index (κ1) is 10.4. The van der Waals surface area contributed by atoms with Crippen molar-refractivity contribution >= 4 is 6.09 Å². The van der Waals surface area contributed by atoms with Crippen LogP contribution >= 0.6 is 0 Å². The monoisotopic (exact) mass is 225 g/mol. The molecule has 1 spiro atoms. The molecule has 5 heteroatoms. The van der Waals surface area contributed by atoms with Gasteiger partial charge in [0, 0.05) is 25.6 Å². The summed E-state index contributed by atoms with van der Waals surface area (Å²) in [5, 5.41) is 0. The molecule has 0 saturated carbocycles. The van der Waals surface area contributed by atoms with Gasteiger partial charge in [0.15, 0.2) is 0 Å². The largest absolute Gasteiger partial charge is 0.439 e. The van der Waals surface area contributed by atoms with Gasteiger partial charge >= 0.3 is 6.09 Å². The highest BCUT2D eigenvalue weighted by molar-refractivity contribution is 5.71. The van der Waals surface area contributed by atoms with Crippen LogP contribution in [0.5, 0.6) is 0 Å². The summed E-state index contributed by atoms with van der Waals surface area (Å²) in [5.74, 6) is 0.559. The Morgan fingerprint density at radius 3 is 2.69 bits per heavy atom. The molecule has 0 aromatic heterocycles. The summed E-state index contributed by atoms with van der Waals surface area (Å²) in [7, 11) is 0. The molecule has 90 valence electrons. The van der Waals surface area contributed by atoms with Crippen molar-refractivity contribution < 1.29 is 9.53 Å². The highest BCUT2D eigenvalue weighted by Crippen LogP contribution is 2.41. The number of fused-ring (bicyclic) bond motifs is 2. The second-order valence-electron chi connectivity index (χ2n) is 5.19. The molecular formula is C11H19N3O2. The van der Waals surface area contributed by atoms with E-state index in [1.54, 1.807) is 4.90 Å². The van der Waals surface area contributed by atoms with Crippen molar-refractivity contribution in [3.63, 3.8) is 0 Å². The molecule has 0 aromatic carbocycles. The smallest absolute Gasteiger partial charge is 0.410 e. The predicted molar refractivity (Wildman–Crippen MR) is 59.0 cm³/mol. The van der Waals surface area contributed by atoms with E-state index >= 15 is 0 Å². The lowest BCUT2D eigenvalue weighted by Gasteiger charge is -2.49. The molecule has 2 N–H and O–H groups in total. The van der Waals surface area contributed by atoms with Gasteiger partial charge in [-0.3, -0.25) is 4.90 Å². The van der Waals surface area contributed by atoms with E-state index in [9.17, 15) is 4.79 Å². The number of rotatable bonds is 2. The quantitative estimate of drug-likeness (QED) is 0.710. The zero-order valence-corrected chi connectivity index (χ0v) is 9.52. The van der Waals surface area contributed by atoms with E-state index in [0.717, 1.165) is 13.1 Å². The number of hydrogen-bond acceptors (Lipinski definition) is 4. The molecule has 0 radical (unpaired) electrons. The number of hydrogen-bond donors (Lipinski definition) is 1. The summed E-state index contributed by atoms with van der Waals surface area (Å²) in [4.78, 5) is 15.9. The molecule has 2 bridgehead atoms. The van der Waals surface area contributed by atoms with Crippen LogP contribution in [0, 0.1) is 5.92 Å². The van der Waals surface area contributed by atoms with Crippen LogP contribution in [-0.2, 0) is 4.74 Å². The summed E-state index contributed by atoms with van der Waals surface area (Å²) in [6.45, 7) is 5.13. The van der Waals surface area contributed by atoms with E-state index < -0.39 is 0 Å². The fraction of sp³-hybridized carbons (Fsp3) is 0.909. The molecule has 1 unspecified atom stereocenters. The van der Waals surface area contributed by atoms with Gasteiger partial charge in [-0.05, 0) is 25.9 Å². The third-order valence-corrected chi connectivity index (χ3v) is 4.23. The molecule has 4 heterocycles. The van der Waals surface area contributed by atoms with E-state index in [1.165, 1.54) is 25.9 Å². The van der Waals surface area contributed by atoms with E-state index in [-0.39, 0.29) is 11.7 Å². The zero-order valence-electron chi connectivity index (χ0n) is 9.52. The number of carbonyl (C=O) groups excluding carboxylic acids is 1. The molecule has 0 aliphatic carbocycles. The minimum atomic E-state index is -0.219. The number of nitrogens with zero attached hydrogens (tertiary/aromatic N) is 2. The van der Waals surface area contributed by atoms with Gasteiger partial charge in [0.1, 0.15) is 5.60 Å². The van der Waals surface area contributed by atoms with Crippen LogP contribution in [0.15, 0.2) is 0 Å². The number of amides is 1. The van der Waals surface area contributed by atoms with Crippen molar-refractivity contribution in [3.8, 4) is 0 Å². The van der Waals surface area contributed by atoms with Gasteiger partial charge in [0.25, 0.3) is 0 Å². The van der Waals surface area contributed by atoms with E-state index in [2.05, 4.69) is 4.90 Å². The second-order valence-corrected chi connectivity index (χ2v) is 5.19. The Hall–Kier alpha value is -0.810. The van der Waals surface area contributed by atoms with Gasteiger partial charge in [-0.25, -0.2) is 4.79 Å². The third-order valence-electron chi connectivity index (χ3n) is 4.23. The van der Waals surface area contributed by atoms with Crippen molar-refractivity contribution in [3.05, 3.63) is 0 Å². The summed E-state index contributed by atoms with van der Waals surface area (Å²) >= 11 is 0. The van der Waals surface area contributed by atoms with Gasteiger partial charge in [-0.15, -0.1) is 0 Å². The average Bonchev–Trinajstić information content (AvgIpc) is 2.57. The van der Waals surface area contributed by atoms with Crippen LogP contribution in [0.1, 0.15) is 12.8 Å². The van der Waals surface area contributed by atoms with Crippen molar-refractivity contribution in [2.24, 2.45) is 11.7 Å². The summed E-state index contributed by atoms with van der Waals surface area (Å²) in [6, 6.07) is 0. The fourth-order valence-corrected chi connectivity index (χ4v) is 3.40. The third kappa shape index (κ3) is 1.42. The first-order valence-electron chi connectivity index (χ1n) is 6.14. The average molecular weight is 225 g/mol. The van der Waals surface area contributed by atoms with Gasteiger partial charge < -0.3 is 15.4 Å². The maximum absolute atomic E-state index is 11.7. The fourth-order valence-electron chi connectivity index (χ4n) is 3.40. The standard InChI is InChI=1S/C11H19N3O2/c12-3-6-14-8-11(16-10(14)15)7-13-4-1-9(11)2-5-13/h9H,1-8,12H2. The molecule has 4 aliphatic rings. The maximum atomic E-state index is 11.7. The molecule has 1 amide bonds. The Bertz CT molecular complexity index is 302. The van der Waals surface area contributed by atoms with Crippen LogP contribution in [0.25, 0.3) is 0 Å². The summed E-state index contributed by atoms with van der Waals surface area (Å²) in [5.41, 5.74) is 5.29. The first-order chi connectivity index (χ1) is 7.73. The molecule has 4 rings (SSSR count). The minimum Gasteiger partial charge on any atom is -0.439 e. The molecule has 16 heavy (non-hydrogen) atoms. The van der Waals surface area contributed by atoms with E-state index in [4.69, 9.17) is 10.5 Å². The molecule has 0 aromatic rings. The Morgan fingerprint density at radius 1 is 1.38 bits per heavy atom. The highest BCUT2D eigenvalue weighted by atomic mass is 16.6. The van der Waals surface area contributed by atoms with Gasteiger partial charge in [-0.1, -0.05) is 0 Å². The Labute approximate surface area is 95.5 Å². The van der Waals surface area contributed by atoms with Crippen LogP contribution in [0.4, 0.5) is 4.79 Å². The number of nitrogens with two attached hydrogens (primary N) is 1. The molecule has 4 saturated heterocycles. The van der Waals surface area contributed by atoms with Crippen LogP contribution in [0.2, 0.25) is 0 Å². The summed E-state index contributed by atoms with van der Waals surface area (Å²) < 4.78 is 5.68. The normalized spacial score (nSPS) is 41.8. The minimum absolute atomic E-state index is 0.167. The zero-order chi connectivity index (χ0) is 11.2. The molecule has 5 nitrogen and oxygen atoms in total. The molecular weight excluding hydrogens is 206 g/mol. The van der Waals surface area contributed by atoms with Gasteiger partial charge in [0.2, 0.25) is 0 Å². The second kappa shape index (κ2) is 3.60. The van der Waals surface area contributed by atoms with Gasteiger partial charge in [0.05, 0.1) is 6.54 Å². The topological polar surface area (TPSA) is 58.8 Å². The van der Waals surface area contributed by atoms with Crippen molar-refractivity contribution in [2.75, 3.05) is 39.3 Å². The van der Waals surface area contributed by atoms with E-state index in [0.29, 0.717) is 19.0 Å². The van der Waals surface area contributed by atoms with Crippen molar-refractivity contribution in [1.82, 2.24) is 9.80 Å². The summed E-state index contributed by atoms with van der Waals surface area (Å²) in [6.07, 6.45) is 2.17. The Kier molecular flexibility index (Phi) is 2.33. The maximum Gasteiger partial charge on any atom is 0.410 e. The van der Waals surface area contributed by atoms with Gasteiger partial charge in [-0.2, -0.15) is 0 Å². The highest BCUT2D eigenvalue weighted by Gasteiger charge is 2.55. The SMILES string of the molecule is NCCN1CC2(CN3CCC2CC3)OC1=O. The van der Waals surface area contributed by atoms with Crippen molar-refractivity contribution in [2.45, 2.75) is 18.4 Å². The Balaban J connectivity index is 1.78.